The number of carbonyl (C=O) groups is 1. The Morgan fingerprint density at radius 2 is 2.17 bits per heavy atom. The number of Topliss-reactive ketones (excluding diaryl/α,β-unsaturated/α-hetero) is 1. The summed E-state index contributed by atoms with van der Waals surface area (Å²) >= 11 is 0. The fraction of sp³-hybridized carbons (Fsp3) is 0.750. The summed E-state index contributed by atoms with van der Waals surface area (Å²) in [5, 5.41) is 0. The molecule has 4 heteroatoms. The van der Waals surface area contributed by atoms with E-state index in [1.807, 2.05) is 0 Å². The number of ether oxygens (including phenoxy) is 1. The lowest BCUT2D eigenvalue weighted by Crippen LogP contribution is -2.41. The standard InChI is InChI=1S/C8H15NO3/c1-4-12-8(11)7(9)5(2)6(3)10/h5,7H,4,9H2,1-3H3/p+1/t5-,7-/m0/s1. The molecule has 0 amide bonds. The molecule has 0 unspecified atom stereocenters. The van der Waals surface area contributed by atoms with Gasteiger partial charge in [-0.1, -0.05) is 6.92 Å². The molecule has 0 aromatic heterocycles. The second-order valence-electron chi connectivity index (χ2n) is 2.70. The van der Waals surface area contributed by atoms with Crippen molar-refractivity contribution in [2.45, 2.75) is 26.8 Å². The highest BCUT2D eigenvalue weighted by Crippen LogP contribution is 2.03. The van der Waals surface area contributed by atoms with Crippen LogP contribution in [0.2, 0.25) is 0 Å². The number of ketones is 1. The molecular formula is C8H16NO3+. The molecule has 0 fully saturated rings. The number of hydrogen-bond donors (Lipinski definition) is 1. The molecule has 0 saturated carbocycles. The lowest BCUT2D eigenvalue weighted by atomic mass is 9.99. The van der Waals surface area contributed by atoms with Crippen LogP contribution < -0.4 is 5.73 Å². The summed E-state index contributed by atoms with van der Waals surface area (Å²) in [6.45, 7) is 5.18. The first-order chi connectivity index (χ1) is 5.50. The average Bonchev–Trinajstić information content (AvgIpc) is 2.02. The maximum absolute atomic E-state index is 10.8. The van der Waals surface area contributed by atoms with Crippen molar-refractivity contribution in [3.8, 4) is 0 Å². The normalized spacial score (nSPS) is 15.0. The SMILES string of the molecule is CCOC(=[OH+])[C@@H](N)[C@@H](C)C(C)=O. The molecule has 0 aliphatic heterocycles. The smallest absolute Gasteiger partial charge is 0.338 e. The Bertz CT molecular complexity index is 179. The number of rotatable bonds is 4. The third-order valence-corrected chi connectivity index (χ3v) is 1.76. The van der Waals surface area contributed by atoms with Gasteiger partial charge in [0.1, 0.15) is 5.78 Å². The van der Waals surface area contributed by atoms with Crippen LogP contribution in [-0.2, 0) is 9.53 Å². The zero-order chi connectivity index (χ0) is 9.72. The number of carbonyl (C=O) groups excluding carboxylic acids is 2. The summed E-state index contributed by atoms with van der Waals surface area (Å²) in [5.74, 6) is -0.731. The van der Waals surface area contributed by atoms with E-state index >= 15 is 0 Å². The summed E-state index contributed by atoms with van der Waals surface area (Å²) in [4.78, 5) is 20.0. The lowest BCUT2D eigenvalue weighted by molar-refractivity contribution is -0.120. The van der Waals surface area contributed by atoms with Gasteiger partial charge in [-0.2, -0.15) is 0 Å². The molecule has 0 rings (SSSR count). The van der Waals surface area contributed by atoms with Gasteiger partial charge in [0, 0.05) is 5.92 Å². The summed E-state index contributed by atoms with van der Waals surface area (Å²) in [7, 11) is 0. The minimum absolute atomic E-state index is 0.0613. The van der Waals surface area contributed by atoms with Gasteiger partial charge in [-0.3, -0.25) is 4.79 Å². The predicted molar refractivity (Wildman–Crippen MR) is 46.4 cm³/mol. The van der Waals surface area contributed by atoms with Crippen LogP contribution in [0.4, 0.5) is 0 Å². The van der Waals surface area contributed by atoms with Crippen LogP contribution in [0.25, 0.3) is 0 Å². The van der Waals surface area contributed by atoms with Crippen LogP contribution >= 0.6 is 0 Å². The van der Waals surface area contributed by atoms with Crippen LogP contribution in [0.5, 0.6) is 0 Å². The molecule has 2 atom stereocenters. The number of nitrogens with two attached hydrogens (primary N) is 1. The van der Waals surface area contributed by atoms with Gasteiger partial charge < -0.3 is 15.3 Å². The quantitative estimate of drug-likeness (QED) is 0.484. The Morgan fingerprint density at radius 1 is 1.67 bits per heavy atom. The highest BCUT2D eigenvalue weighted by molar-refractivity contribution is 5.87. The molecule has 12 heavy (non-hydrogen) atoms. The van der Waals surface area contributed by atoms with Crippen molar-refractivity contribution in [1.82, 2.24) is 0 Å². The first-order valence-electron chi connectivity index (χ1n) is 3.95. The molecule has 0 aromatic carbocycles. The van der Waals surface area contributed by atoms with Gasteiger partial charge in [0.05, 0.1) is 0 Å². The van der Waals surface area contributed by atoms with E-state index in [1.54, 1.807) is 13.8 Å². The summed E-state index contributed by atoms with van der Waals surface area (Å²) in [6.07, 6.45) is 0. The molecule has 0 heterocycles. The molecule has 0 bridgehead atoms. The molecule has 70 valence electrons. The van der Waals surface area contributed by atoms with Crippen molar-refractivity contribution in [3.05, 3.63) is 0 Å². The van der Waals surface area contributed by atoms with Gasteiger partial charge in [0.25, 0.3) is 0 Å². The molecular weight excluding hydrogens is 158 g/mol. The van der Waals surface area contributed by atoms with E-state index in [4.69, 9.17) is 15.3 Å². The van der Waals surface area contributed by atoms with E-state index in [-0.39, 0.29) is 11.8 Å². The minimum Gasteiger partial charge on any atom is -0.338 e. The van der Waals surface area contributed by atoms with Crippen LogP contribution in [0.1, 0.15) is 20.8 Å². The van der Waals surface area contributed by atoms with Gasteiger partial charge in [0.15, 0.2) is 12.6 Å². The summed E-state index contributed by atoms with van der Waals surface area (Å²) in [6, 6.07) is -0.720. The molecule has 0 aliphatic carbocycles. The average molecular weight is 174 g/mol. The van der Waals surface area contributed by atoms with E-state index < -0.39 is 12.0 Å². The highest BCUT2D eigenvalue weighted by atomic mass is 16.5. The maximum Gasteiger partial charge on any atom is 0.500 e. The van der Waals surface area contributed by atoms with Gasteiger partial charge in [-0.15, -0.1) is 0 Å². The molecule has 3 N–H and O–H groups in total. The molecule has 0 aliphatic rings. The van der Waals surface area contributed by atoms with E-state index in [2.05, 4.69) is 0 Å². The summed E-state index contributed by atoms with van der Waals surface area (Å²) in [5.41, 5.74) is 5.51. The first-order valence-corrected chi connectivity index (χ1v) is 3.95. The number of hydrogen-bond acceptors (Lipinski definition) is 3. The zero-order valence-corrected chi connectivity index (χ0v) is 7.70. The third-order valence-electron chi connectivity index (χ3n) is 1.76. The minimum atomic E-state index is -0.720. The first kappa shape index (κ1) is 11.1. The fourth-order valence-electron chi connectivity index (χ4n) is 0.711. The highest BCUT2D eigenvalue weighted by Gasteiger charge is 2.30. The molecule has 0 radical (unpaired) electrons. The Labute approximate surface area is 72.1 Å². The topological polar surface area (TPSA) is 73.7 Å². The maximum atomic E-state index is 10.8. The van der Waals surface area contributed by atoms with Crippen molar-refractivity contribution in [2.24, 2.45) is 11.7 Å². The van der Waals surface area contributed by atoms with Crippen LogP contribution in [0, 0.1) is 5.92 Å². The third kappa shape index (κ3) is 3.00. The Morgan fingerprint density at radius 3 is 2.50 bits per heavy atom. The second-order valence-corrected chi connectivity index (χ2v) is 2.70. The Kier molecular flexibility index (Phi) is 4.51. The van der Waals surface area contributed by atoms with Crippen molar-refractivity contribution >= 4 is 11.8 Å². The van der Waals surface area contributed by atoms with Crippen molar-refractivity contribution in [1.29, 1.82) is 0 Å². The van der Waals surface area contributed by atoms with Gasteiger partial charge in [-0.25, -0.2) is 0 Å². The molecule has 0 spiro atoms. The van der Waals surface area contributed by atoms with Gasteiger partial charge in [0.2, 0.25) is 0 Å². The second kappa shape index (κ2) is 4.87. The Hall–Kier alpha value is -0.900. The van der Waals surface area contributed by atoms with E-state index in [9.17, 15) is 4.79 Å². The fourth-order valence-corrected chi connectivity index (χ4v) is 0.711. The Balaban J connectivity index is 4.09. The van der Waals surface area contributed by atoms with Crippen LogP contribution in [0.15, 0.2) is 0 Å². The molecule has 0 saturated heterocycles. The lowest BCUT2D eigenvalue weighted by Gasteiger charge is -2.09. The zero-order valence-electron chi connectivity index (χ0n) is 7.70. The molecule has 4 nitrogen and oxygen atoms in total. The number of esters is 1. The van der Waals surface area contributed by atoms with Gasteiger partial charge >= 0.3 is 5.97 Å². The van der Waals surface area contributed by atoms with E-state index in [1.165, 1.54) is 6.92 Å². The largest absolute Gasteiger partial charge is 0.500 e. The van der Waals surface area contributed by atoms with Crippen molar-refractivity contribution in [2.75, 3.05) is 6.61 Å². The van der Waals surface area contributed by atoms with Crippen LogP contribution in [-0.4, -0.2) is 29.2 Å². The predicted octanol–water partition coefficient (Wildman–Crippen LogP) is 0.0777. The van der Waals surface area contributed by atoms with Crippen molar-refractivity contribution < 1.29 is 14.3 Å². The monoisotopic (exact) mass is 174 g/mol. The van der Waals surface area contributed by atoms with Crippen molar-refractivity contribution in [3.63, 3.8) is 0 Å². The molecule has 0 aromatic rings. The summed E-state index contributed by atoms with van der Waals surface area (Å²) < 4.78 is 4.77. The van der Waals surface area contributed by atoms with Gasteiger partial charge in [-0.05, 0) is 13.8 Å². The van der Waals surface area contributed by atoms with E-state index in [0.29, 0.717) is 6.61 Å². The van der Waals surface area contributed by atoms with Crippen LogP contribution in [0.3, 0.4) is 0 Å². The van der Waals surface area contributed by atoms with E-state index in [0.717, 1.165) is 0 Å².